The van der Waals surface area contributed by atoms with E-state index in [2.05, 4.69) is 22.2 Å². The molecule has 0 saturated heterocycles. The summed E-state index contributed by atoms with van der Waals surface area (Å²) in [6.07, 6.45) is 1.58. The number of aromatic nitrogens is 1. The van der Waals surface area contributed by atoms with Gasteiger partial charge in [0, 0.05) is 12.2 Å². The molecule has 23 heavy (non-hydrogen) atoms. The van der Waals surface area contributed by atoms with Crippen LogP contribution in [0.4, 0.5) is 5.69 Å². The molecule has 0 unspecified atom stereocenters. The average molecular weight is 309 g/mol. The molecule has 0 saturated carbocycles. The van der Waals surface area contributed by atoms with Crippen LogP contribution >= 0.6 is 0 Å². The summed E-state index contributed by atoms with van der Waals surface area (Å²) >= 11 is 0. The lowest BCUT2D eigenvalue weighted by atomic mass is 10.1. The van der Waals surface area contributed by atoms with Gasteiger partial charge < -0.3 is 10.6 Å². The van der Waals surface area contributed by atoms with Crippen LogP contribution in [-0.4, -0.2) is 23.3 Å². The smallest absolute Gasteiger partial charge is 0.274 e. The molecule has 1 aromatic heterocycles. The molecular weight excluding hydrogens is 290 g/mol. The Morgan fingerprint density at radius 1 is 1.04 bits per heavy atom. The number of carbonyl (C=O) groups excluding carboxylic acids is 2. The van der Waals surface area contributed by atoms with Crippen molar-refractivity contribution in [3.63, 3.8) is 0 Å². The topological polar surface area (TPSA) is 71.1 Å². The molecule has 0 aliphatic rings. The predicted octanol–water partition coefficient (Wildman–Crippen LogP) is 2.87. The molecule has 2 N–H and O–H groups in total. The molecule has 0 spiro atoms. The molecule has 2 aromatic rings. The Morgan fingerprint density at radius 2 is 1.61 bits per heavy atom. The summed E-state index contributed by atoms with van der Waals surface area (Å²) in [7, 11) is 0. The Hall–Kier alpha value is -2.95. The molecule has 5 heteroatoms. The molecule has 1 heterocycles. The van der Waals surface area contributed by atoms with E-state index in [1.54, 1.807) is 24.3 Å². The largest absolute Gasteiger partial charge is 0.347 e. The third kappa shape index (κ3) is 4.03. The van der Waals surface area contributed by atoms with Crippen LogP contribution in [0.15, 0.2) is 49.1 Å². The van der Waals surface area contributed by atoms with E-state index in [1.165, 1.54) is 0 Å². The van der Waals surface area contributed by atoms with Crippen molar-refractivity contribution >= 4 is 17.5 Å². The molecule has 2 rings (SSSR count). The summed E-state index contributed by atoms with van der Waals surface area (Å²) in [5, 5.41) is 5.49. The van der Waals surface area contributed by atoms with E-state index in [4.69, 9.17) is 0 Å². The number of nitrogens with one attached hydrogen (secondary N) is 2. The van der Waals surface area contributed by atoms with Gasteiger partial charge in [0.1, 0.15) is 11.4 Å². The maximum Gasteiger partial charge on any atom is 0.274 e. The highest BCUT2D eigenvalue weighted by Crippen LogP contribution is 2.20. The number of nitrogens with zero attached hydrogens (tertiary/aromatic N) is 1. The summed E-state index contributed by atoms with van der Waals surface area (Å²) < 4.78 is 0. The van der Waals surface area contributed by atoms with E-state index in [1.807, 2.05) is 32.0 Å². The Balaban J connectivity index is 2.20. The van der Waals surface area contributed by atoms with Crippen LogP contribution in [0.25, 0.3) is 0 Å². The van der Waals surface area contributed by atoms with E-state index >= 15 is 0 Å². The van der Waals surface area contributed by atoms with E-state index in [-0.39, 0.29) is 23.2 Å². The van der Waals surface area contributed by atoms with E-state index in [0.717, 1.165) is 16.8 Å². The van der Waals surface area contributed by atoms with Gasteiger partial charge in [-0.3, -0.25) is 9.59 Å². The number of amides is 2. The number of anilines is 1. The fourth-order valence-electron chi connectivity index (χ4n) is 2.13. The zero-order valence-electron chi connectivity index (χ0n) is 13.2. The second-order valence-electron chi connectivity index (χ2n) is 5.13. The van der Waals surface area contributed by atoms with Crippen molar-refractivity contribution in [2.45, 2.75) is 13.8 Å². The zero-order chi connectivity index (χ0) is 16.8. The Morgan fingerprint density at radius 3 is 2.22 bits per heavy atom. The predicted molar refractivity (Wildman–Crippen MR) is 90.6 cm³/mol. The van der Waals surface area contributed by atoms with Crippen molar-refractivity contribution in [2.24, 2.45) is 0 Å². The van der Waals surface area contributed by atoms with Gasteiger partial charge in [-0.15, -0.1) is 6.58 Å². The molecule has 0 radical (unpaired) electrons. The lowest BCUT2D eigenvalue weighted by Crippen LogP contribution is -2.25. The molecular formula is C18H19N3O2. The number of hydrogen-bond acceptors (Lipinski definition) is 3. The summed E-state index contributed by atoms with van der Waals surface area (Å²) in [4.78, 5) is 28.4. The number of rotatable bonds is 5. The van der Waals surface area contributed by atoms with Gasteiger partial charge in [0.25, 0.3) is 11.8 Å². The third-order valence-electron chi connectivity index (χ3n) is 3.34. The summed E-state index contributed by atoms with van der Waals surface area (Å²) in [6.45, 7) is 7.73. The third-order valence-corrected chi connectivity index (χ3v) is 3.34. The highest BCUT2D eigenvalue weighted by Gasteiger charge is 2.13. The van der Waals surface area contributed by atoms with Gasteiger partial charge in [-0.1, -0.05) is 30.3 Å². The first-order valence-corrected chi connectivity index (χ1v) is 7.26. The summed E-state index contributed by atoms with van der Waals surface area (Å²) in [5.41, 5.74) is 3.09. The summed E-state index contributed by atoms with van der Waals surface area (Å²) in [6, 6.07) is 10.6. The second-order valence-corrected chi connectivity index (χ2v) is 5.13. The van der Waals surface area contributed by atoms with Crippen LogP contribution in [0.1, 0.15) is 32.1 Å². The molecule has 1 aromatic carbocycles. The van der Waals surface area contributed by atoms with E-state index in [9.17, 15) is 9.59 Å². The minimum Gasteiger partial charge on any atom is -0.347 e. The highest BCUT2D eigenvalue weighted by atomic mass is 16.2. The molecule has 5 nitrogen and oxygen atoms in total. The normalized spacial score (nSPS) is 10.0. The van der Waals surface area contributed by atoms with E-state index in [0.29, 0.717) is 6.54 Å². The van der Waals surface area contributed by atoms with Crippen LogP contribution in [-0.2, 0) is 0 Å². The van der Waals surface area contributed by atoms with Gasteiger partial charge in [0.2, 0.25) is 0 Å². The molecule has 2 amide bonds. The Labute approximate surface area is 135 Å². The summed E-state index contributed by atoms with van der Waals surface area (Å²) in [5.74, 6) is -0.688. The number of pyridine rings is 1. The van der Waals surface area contributed by atoms with Gasteiger partial charge in [0.05, 0.1) is 0 Å². The standard InChI is InChI=1S/C18H19N3O2/c1-4-11-19-17(22)14-9-6-10-15(20-14)18(23)21-16-12(2)7-5-8-13(16)3/h4-10H,1,11H2,2-3H3,(H,19,22)(H,21,23). The Kier molecular flexibility index (Phi) is 5.25. The van der Waals surface area contributed by atoms with Crippen LogP contribution in [0.2, 0.25) is 0 Å². The Bertz CT molecular complexity index is 733. The molecule has 0 aliphatic carbocycles. The van der Waals surface area contributed by atoms with Crippen molar-refractivity contribution in [3.8, 4) is 0 Å². The first-order valence-electron chi connectivity index (χ1n) is 7.26. The minimum absolute atomic E-state index is 0.193. The fraction of sp³-hybridized carbons (Fsp3) is 0.167. The number of hydrogen-bond donors (Lipinski definition) is 2. The van der Waals surface area contributed by atoms with Gasteiger partial charge >= 0.3 is 0 Å². The molecule has 0 bridgehead atoms. The van der Waals surface area contributed by atoms with Gasteiger partial charge in [0.15, 0.2) is 0 Å². The van der Waals surface area contributed by atoms with Crippen LogP contribution < -0.4 is 10.6 Å². The second kappa shape index (κ2) is 7.35. The quantitative estimate of drug-likeness (QED) is 0.834. The van der Waals surface area contributed by atoms with Crippen molar-refractivity contribution < 1.29 is 9.59 Å². The monoisotopic (exact) mass is 309 g/mol. The maximum absolute atomic E-state index is 12.4. The lowest BCUT2D eigenvalue weighted by Gasteiger charge is -2.11. The number of benzene rings is 1. The van der Waals surface area contributed by atoms with Crippen LogP contribution in [0, 0.1) is 13.8 Å². The first-order chi connectivity index (χ1) is 11.0. The van der Waals surface area contributed by atoms with Gasteiger partial charge in [-0.05, 0) is 37.1 Å². The van der Waals surface area contributed by atoms with Crippen molar-refractivity contribution in [1.29, 1.82) is 0 Å². The fourth-order valence-corrected chi connectivity index (χ4v) is 2.13. The van der Waals surface area contributed by atoms with Gasteiger partial charge in [-0.25, -0.2) is 4.98 Å². The van der Waals surface area contributed by atoms with Crippen molar-refractivity contribution in [1.82, 2.24) is 10.3 Å². The molecule has 0 aliphatic heterocycles. The SMILES string of the molecule is C=CCNC(=O)c1cccc(C(=O)Nc2c(C)cccc2C)n1. The average Bonchev–Trinajstić information content (AvgIpc) is 2.56. The molecule has 0 atom stereocenters. The van der Waals surface area contributed by atoms with E-state index < -0.39 is 0 Å². The van der Waals surface area contributed by atoms with Crippen molar-refractivity contribution in [3.05, 3.63) is 71.6 Å². The minimum atomic E-state index is -0.347. The molecule has 0 fully saturated rings. The number of aryl methyl sites for hydroxylation is 2. The molecule has 118 valence electrons. The number of carbonyl (C=O) groups is 2. The van der Waals surface area contributed by atoms with Crippen LogP contribution in [0.3, 0.4) is 0 Å². The first kappa shape index (κ1) is 16.4. The zero-order valence-corrected chi connectivity index (χ0v) is 13.2. The maximum atomic E-state index is 12.4. The van der Waals surface area contributed by atoms with Gasteiger partial charge in [-0.2, -0.15) is 0 Å². The van der Waals surface area contributed by atoms with Crippen molar-refractivity contribution in [2.75, 3.05) is 11.9 Å². The highest BCUT2D eigenvalue weighted by molar-refractivity contribution is 6.04. The van der Waals surface area contributed by atoms with Crippen LogP contribution in [0.5, 0.6) is 0 Å². The lowest BCUT2D eigenvalue weighted by molar-refractivity contribution is 0.0953. The number of para-hydroxylation sites is 1.